The molecule has 0 radical (unpaired) electrons. The van der Waals surface area contributed by atoms with Crippen LogP contribution in [0.2, 0.25) is 18.1 Å². The van der Waals surface area contributed by atoms with E-state index in [1.165, 1.54) is 50.5 Å². The van der Waals surface area contributed by atoms with Crippen LogP contribution in [0.15, 0.2) is 35.5 Å². The lowest BCUT2D eigenvalue weighted by molar-refractivity contribution is 0.0714. The number of hydrogen-bond donors (Lipinski definition) is 0. The Kier molecular flexibility index (Phi) is 9.84. The van der Waals surface area contributed by atoms with Crippen LogP contribution in [0.25, 0.3) is 0 Å². The van der Waals surface area contributed by atoms with Crippen molar-refractivity contribution < 1.29 is 4.43 Å². The molecule has 0 aromatic heterocycles. The number of rotatable bonds is 7. The van der Waals surface area contributed by atoms with Crippen LogP contribution in [-0.4, -0.2) is 14.4 Å². The maximum absolute atomic E-state index is 6.91. The molecule has 0 bridgehead atoms. The predicted molar refractivity (Wildman–Crippen MR) is 171 cm³/mol. The van der Waals surface area contributed by atoms with Gasteiger partial charge in [0.25, 0.3) is 0 Å². The smallest absolute Gasteiger partial charge is 0.192 e. The molecule has 38 heavy (non-hydrogen) atoms. The van der Waals surface area contributed by atoms with Gasteiger partial charge in [-0.15, -0.1) is 0 Å². The Morgan fingerprint density at radius 3 is 2.32 bits per heavy atom. The molecule has 0 N–H and O–H groups in total. The third kappa shape index (κ3) is 7.18. The Bertz CT molecular complexity index is 893. The Balaban J connectivity index is 1.74. The van der Waals surface area contributed by atoms with Crippen LogP contribution in [0.4, 0.5) is 0 Å². The summed E-state index contributed by atoms with van der Waals surface area (Å²) in [7, 11) is -1.82. The molecule has 0 aromatic rings. The standard InChI is InChI=1S/C36H64OSi/c1-25(20-22-34(5,6)7)27(3)31-18-19-32-30(15-14-21-36(31,32)11)17-16-29-23-26(2)28(4)33(24-29)37-38(12,13)35(8,9)10/h16-17,25-27,31-33H,4,14-15,18-24H2,1-3,5-13H3/b29-16-,30-17+/t25-,26-,27-,31?,32?,33-,36-/m1/s1. The zero-order chi connectivity index (χ0) is 28.7. The van der Waals surface area contributed by atoms with Crippen molar-refractivity contribution in [1.82, 2.24) is 0 Å². The van der Waals surface area contributed by atoms with Gasteiger partial charge in [-0.1, -0.05) is 99.1 Å². The van der Waals surface area contributed by atoms with Crippen molar-refractivity contribution in [3.8, 4) is 0 Å². The summed E-state index contributed by atoms with van der Waals surface area (Å²) in [5, 5.41) is 0.229. The van der Waals surface area contributed by atoms with Crippen molar-refractivity contribution in [3.05, 3.63) is 35.5 Å². The van der Waals surface area contributed by atoms with Crippen molar-refractivity contribution >= 4 is 8.32 Å². The molecule has 7 atom stereocenters. The molecule has 218 valence electrons. The second kappa shape index (κ2) is 11.7. The highest BCUT2D eigenvalue weighted by atomic mass is 28.4. The van der Waals surface area contributed by atoms with Crippen molar-refractivity contribution in [2.75, 3.05) is 0 Å². The molecule has 0 amide bonds. The SMILES string of the molecule is C=C1[C@H](C)C/C(=C/C=C2\CCC[C@@]3(C)C2CCC3[C@H](C)[C@H](C)CCC(C)(C)C)C[C@H]1O[Si](C)(C)C(C)(C)C. The molecule has 2 heteroatoms. The second-order valence-corrected chi connectivity index (χ2v) is 21.6. The van der Waals surface area contributed by atoms with E-state index in [2.05, 4.69) is 101 Å². The Labute approximate surface area is 239 Å². The van der Waals surface area contributed by atoms with Crippen LogP contribution in [0.5, 0.6) is 0 Å². The van der Waals surface area contributed by atoms with Crippen molar-refractivity contribution in [1.29, 1.82) is 0 Å². The highest BCUT2D eigenvalue weighted by Gasteiger charge is 2.51. The Morgan fingerprint density at radius 2 is 1.71 bits per heavy atom. The fourth-order valence-electron chi connectivity index (χ4n) is 7.77. The van der Waals surface area contributed by atoms with Gasteiger partial charge in [0.1, 0.15) is 0 Å². The molecule has 0 spiro atoms. The largest absolute Gasteiger partial charge is 0.410 e. The van der Waals surface area contributed by atoms with E-state index in [9.17, 15) is 0 Å². The van der Waals surface area contributed by atoms with Gasteiger partial charge in [-0.25, -0.2) is 0 Å². The van der Waals surface area contributed by atoms with E-state index in [1.54, 1.807) is 11.1 Å². The van der Waals surface area contributed by atoms with Crippen LogP contribution in [0.1, 0.15) is 127 Å². The zero-order valence-corrected chi connectivity index (χ0v) is 28.6. The first-order valence-corrected chi connectivity index (χ1v) is 19.0. The summed E-state index contributed by atoms with van der Waals surface area (Å²) in [6.07, 6.45) is 17.1. The van der Waals surface area contributed by atoms with Crippen LogP contribution >= 0.6 is 0 Å². The summed E-state index contributed by atoms with van der Waals surface area (Å²) in [4.78, 5) is 0. The molecular weight excluding hydrogens is 476 g/mol. The maximum Gasteiger partial charge on any atom is 0.192 e. The average molecular weight is 541 g/mol. The highest BCUT2D eigenvalue weighted by Crippen LogP contribution is 2.60. The van der Waals surface area contributed by atoms with Gasteiger partial charge >= 0.3 is 0 Å². The van der Waals surface area contributed by atoms with Gasteiger partial charge in [-0.3, -0.25) is 0 Å². The quantitative estimate of drug-likeness (QED) is 0.230. The lowest BCUT2D eigenvalue weighted by Gasteiger charge is -2.45. The molecule has 3 aliphatic carbocycles. The van der Waals surface area contributed by atoms with Crippen LogP contribution in [-0.2, 0) is 4.43 Å². The number of fused-ring (bicyclic) bond motifs is 1. The van der Waals surface area contributed by atoms with Gasteiger partial charge < -0.3 is 4.43 Å². The first-order chi connectivity index (χ1) is 17.4. The Hall–Kier alpha value is -0.603. The van der Waals surface area contributed by atoms with E-state index in [0.29, 0.717) is 16.7 Å². The fraction of sp³-hybridized carbons (Fsp3) is 0.833. The molecule has 1 nitrogen and oxygen atoms in total. The number of allylic oxidation sites excluding steroid dienone is 3. The molecular formula is C36H64OSi. The molecule has 3 aliphatic rings. The van der Waals surface area contributed by atoms with Crippen LogP contribution in [0.3, 0.4) is 0 Å². The van der Waals surface area contributed by atoms with Crippen LogP contribution < -0.4 is 0 Å². The molecule has 0 saturated heterocycles. The highest BCUT2D eigenvalue weighted by molar-refractivity contribution is 6.74. The van der Waals surface area contributed by atoms with Gasteiger partial charge in [0.05, 0.1) is 6.10 Å². The van der Waals surface area contributed by atoms with Crippen LogP contribution in [0, 0.1) is 40.4 Å². The summed E-state index contributed by atoms with van der Waals surface area (Å²) >= 11 is 0. The third-order valence-corrected chi connectivity index (χ3v) is 16.2. The van der Waals surface area contributed by atoms with E-state index in [1.807, 2.05) is 0 Å². The van der Waals surface area contributed by atoms with Gasteiger partial charge in [-0.05, 0) is 122 Å². The summed E-state index contributed by atoms with van der Waals surface area (Å²) in [5.41, 5.74) is 5.58. The summed E-state index contributed by atoms with van der Waals surface area (Å²) in [6, 6.07) is 0. The molecule has 3 saturated carbocycles. The monoisotopic (exact) mass is 540 g/mol. The van der Waals surface area contributed by atoms with Crippen molar-refractivity contribution in [3.63, 3.8) is 0 Å². The molecule has 3 fully saturated rings. The predicted octanol–water partition coefficient (Wildman–Crippen LogP) is 11.5. The molecule has 0 aliphatic heterocycles. The fourth-order valence-corrected chi connectivity index (χ4v) is 9.07. The first-order valence-electron chi connectivity index (χ1n) is 16.1. The number of hydrogen-bond acceptors (Lipinski definition) is 1. The summed E-state index contributed by atoms with van der Waals surface area (Å²) in [5.74, 6) is 3.81. The average Bonchev–Trinajstić information content (AvgIpc) is 3.14. The molecule has 0 heterocycles. The molecule has 0 aromatic carbocycles. The van der Waals surface area contributed by atoms with Gasteiger partial charge in [-0.2, -0.15) is 0 Å². The normalized spacial score (nSPS) is 35.0. The van der Waals surface area contributed by atoms with Gasteiger partial charge in [0.15, 0.2) is 8.32 Å². The first kappa shape index (κ1) is 31.9. The summed E-state index contributed by atoms with van der Waals surface area (Å²) < 4.78 is 6.91. The lowest BCUT2D eigenvalue weighted by atomic mass is 9.59. The van der Waals surface area contributed by atoms with E-state index in [-0.39, 0.29) is 11.1 Å². The zero-order valence-electron chi connectivity index (χ0n) is 27.6. The van der Waals surface area contributed by atoms with E-state index in [0.717, 1.165) is 36.5 Å². The third-order valence-electron chi connectivity index (χ3n) is 11.8. The molecule has 2 unspecified atom stereocenters. The minimum absolute atomic E-state index is 0.187. The van der Waals surface area contributed by atoms with E-state index < -0.39 is 8.32 Å². The lowest BCUT2D eigenvalue weighted by Crippen LogP contribution is -2.45. The second-order valence-electron chi connectivity index (χ2n) is 16.8. The van der Waals surface area contributed by atoms with E-state index >= 15 is 0 Å². The van der Waals surface area contributed by atoms with E-state index in [4.69, 9.17) is 4.43 Å². The minimum atomic E-state index is -1.82. The minimum Gasteiger partial charge on any atom is -0.410 e. The topological polar surface area (TPSA) is 9.23 Å². The summed E-state index contributed by atoms with van der Waals surface area (Å²) in [6.45, 7) is 33.6. The van der Waals surface area contributed by atoms with Gasteiger partial charge in [0.2, 0.25) is 0 Å². The maximum atomic E-state index is 6.91. The van der Waals surface area contributed by atoms with Gasteiger partial charge in [0, 0.05) is 0 Å². The molecule has 3 rings (SSSR count). The van der Waals surface area contributed by atoms with Crippen molar-refractivity contribution in [2.45, 2.75) is 151 Å². The Morgan fingerprint density at radius 1 is 1.05 bits per heavy atom. The van der Waals surface area contributed by atoms with Crippen molar-refractivity contribution in [2.24, 2.45) is 40.4 Å².